The number of alkyl halides is 3. The van der Waals surface area contributed by atoms with Gasteiger partial charge >= 0.3 is 24.1 Å². The third-order valence-corrected chi connectivity index (χ3v) is 7.88. The molecule has 0 spiro atoms. The van der Waals surface area contributed by atoms with Crippen LogP contribution in [0.15, 0.2) is 97.1 Å². The highest BCUT2D eigenvalue weighted by Gasteiger charge is 2.50. The van der Waals surface area contributed by atoms with Crippen molar-refractivity contribution in [2.45, 2.75) is 45.2 Å². The lowest BCUT2D eigenvalue weighted by Crippen LogP contribution is -2.47. The number of carbonyl (C=O) groups excluding carboxylic acids is 4. The smallest absolute Gasteiger partial charge is 0.416 e. The molecule has 0 aliphatic carbocycles. The highest BCUT2D eigenvalue weighted by Crippen LogP contribution is 2.34. The molecule has 0 fully saturated rings. The van der Waals surface area contributed by atoms with Gasteiger partial charge in [0.25, 0.3) is 5.91 Å². The molecule has 4 rings (SSSR count). The van der Waals surface area contributed by atoms with Crippen molar-refractivity contribution in [3.05, 3.63) is 125 Å². The fourth-order valence-electron chi connectivity index (χ4n) is 5.43. The van der Waals surface area contributed by atoms with Crippen molar-refractivity contribution in [1.29, 1.82) is 0 Å². The largest absolute Gasteiger partial charge is 0.465 e. The van der Waals surface area contributed by atoms with Crippen LogP contribution in [0.3, 0.4) is 0 Å². The van der Waals surface area contributed by atoms with Crippen molar-refractivity contribution in [1.82, 2.24) is 0 Å². The minimum absolute atomic E-state index is 0.0171. The Labute approximate surface area is 282 Å². The maximum absolute atomic E-state index is 13.6. The number of anilines is 1. The molecule has 1 amide bonds. The quantitative estimate of drug-likeness (QED) is 0.0890. The predicted octanol–water partition coefficient (Wildman–Crippen LogP) is 7.47. The first kappa shape index (κ1) is 36.4. The fraction of sp³-hybridized carbons (Fsp3) is 0.263. The van der Waals surface area contributed by atoms with Crippen LogP contribution in [0.4, 0.5) is 18.9 Å². The van der Waals surface area contributed by atoms with Crippen LogP contribution in [0.5, 0.6) is 0 Å². The van der Waals surface area contributed by atoms with Crippen molar-refractivity contribution in [3.8, 4) is 11.1 Å². The molecule has 0 aliphatic heterocycles. The number of esters is 3. The molecule has 0 saturated heterocycles. The van der Waals surface area contributed by atoms with Crippen LogP contribution in [0, 0.1) is 6.92 Å². The highest BCUT2D eigenvalue weighted by molar-refractivity contribution is 6.09. The lowest BCUT2D eigenvalue weighted by atomic mass is 9.77. The summed E-state index contributed by atoms with van der Waals surface area (Å²) in [6.45, 7) is 4.69. The Kier molecular flexibility index (Phi) is 12.0. The molecule has 0 radical (unpaired) electrons. The molecule has 0 atom stereocenters. The molecule has 0 heterocycles. The van der Waals surface area contributed by atoms with E-state index in [0.717, 1.165) is 12.1 Å². The van der Waals surface area contributed by atoms with Gasteiger partial charge in [0.15, 0.2) is 5.41 Å². The first-order chi connectivity index (χ1) is 23.4. The van der Waals surface area contributed by atoms with Gasteiger partial charge in [-0.25, -0.2) is 0 Å². The van der Waals surface area contributed by atoms with Gasteiger partial charge in [-0.3, -0.25) is 19.2 Å². The zero-order valence-electron chi connectivity index (χ0n) is 27.3. The average molecular weight is 676 g/mol. The van der Waals surface area contributed by atoms with Gasteiger partial charge in [-0.15, -0.1) is 0 Å². The van der Waals surface area contributed by atoms with E-state index in [2.05, 4.69) is 5.32 Å². The molecule has 256 valence electrons. The summed E-state index contributed by atoms with van der Waals surface area (Å²) in [5.74, 6) is -2.86. The minimum Gasteiger partial charge on any atom is -0.465 e. The molecule has 8 nitrogen and oxygen atoms in total. The van der Waals surface area contributed by atoms with E-state index < -0.39 is 41.0 Å². The van der Waals surface area contributed by atoms with Crippen molar-refractivity contribution in [2.75, 3.05) is 25.1 Å². The minimum atomic E-state index is -4.50. The summed E-state index contributed by atoms with van der Waals surface area (Å²) in [5.41, 5.74) is 0.186. The van der Waals surface area contributed by atoms with E-state index in [1.165, 1.54) is 12.1 Å². The van der Waals surface area contributed by atoms with Gasteiger partial charge in [0.05, 0.1) is 31.8 Å². The second kappa shape index (κ2) is 16.1. The highest BCUT2D eigenvalue weighted by atomic mass is 19.4. The maximum atomic E-state index is 13.6. The Morgan fingerprint density at radius 1 is 0.694 bits per heavy atom. The molecule has 0 bridgehead atoms. The third kappa shape index (κ3) is 8.53. The fourth-order valence-corrected chi connectivity index (χ4v) is 5.43. The number of hydrogen-bond donors (Lipinski definition) is 1. The van der Waals surface area contributed by atoms with Crippen LogP contribution in [0.1, 0.15) is 52.9 Å². The zero-order valence-corrected chi connectivity index (χ0v) is 27.3. The van der Waals surface area contributed by atoms with Crippen LogP contribution in [0.2, 0.25) is 0 Å². The Balaban J connectivity index is 1.52. The summed E-state index contributed by atoms with van der Waals surface area (Å²) >= 11 is 0. The lowest BCUT2D eigenvalue weighted by Gasteiger charge is -2.29. The molecule has 11 heteroatoms. The van der Waals surface area contributed by atoms with Crippen molar-refractivity contribution >= 4 is 29.5 Å². The van der Waals surface area contributed by atoms with Crippen molar-refractivity contribution < 1.29 is 46.6 Å². The van der Waals surface area contributed by atoms with Gasteiger partial charge in [-0.1, -0.05) is 78.9 Å². The molecule has 0 aliphatic rings. The molecule has 0 unspecified atom stereocenters. The molecule has 49 heavy (non-hydrogen) atoms. The van der Waals surface area contributed by atoms with E-state index in [1.807, 2.05) is 0 Å². The van der Waals surface area contributed by atoms with Gasteiger partial charge in [-0.2, -0.15) is 13.2 Å². The molecule has 4 aromatic rings. The van der Waals surface area contributed by atoms with Crippen LogP contribution in [-0.4, -0.2) is 43.6 Å². The Morgan fingerprint density at radius 2 is 1.31 bits per heavy atom. The van der Waals surface area contributed by atoms with E-state index in [9.17, 15) is 32.3 Å². The van der Waals surface area contributed by atoms with Gasteiger partial charge in [0.2, 0.25) is 0 Å². The topological polar surface area (TPSA) is 108 Å². The summed E-state index contributed by atoms with van der Waals surface area (Å²) in [5, 5.41) is 2.86. The van der Waals surface area contributed by atoms with Crippen molar-refractivity contribution in [3.63, 3.8) is 0 Å². The normalized spacial score (nSPS) is 11.4. The molecular weight excluding hydrogens is 639 g/mol. The predicted molar refractivity (Wildman–Crippen MR) is 177 cm³/mol. The van der Waals surface area contributed by atoms with Crippen LogP contribution >= 0.6 is 0 Å². The third-order valence-electron chi connectivity index (χ3n) is 7.88. The maximum Gasteiger partial charge on any atom is 0.416 e. The lowest BCUT2D eigenvalue weighted by molar-refractivity contribution is -0.167. The van der Waals surface area contributed by atoms with Gasteiger partial charge < -0.3 is 19.5 Å². The molecule has 0 aromatic heterocycles. The van der Waals surface area contributed by atoms with E-state index in [-0.39, 0.29) is 38.2 Å². The van der Waals surface area contributed by atoms with Crippen LogP contribution < -0.4 is 5.32 Å². The average Bonchev–Trinajstić information content (AvgIpc) is 3.08. The van der Waals surface area contributed by atoms with Crippen LogP contribution in [-0.2, 0) is 46.6 Å². The first-order valence-corrected chi connectivity index (χ1v) is 15.6. The number of amides is 1. The summed E-state index contributed by atoms with van der Waals surface area (Å²) in [6.07, 6.45) is -4.99. The molecule has 1 N–H and O–H groups in total. The number of para-hydroxylation sites is 1. The summed E-state index contributed by atoms with van der Waals surface area (Å²) in [7, 11) is 0. The van der Waals surface area contributed by atoms with Crippen molar-refractivity contribution in [2.24, 2.45) is 0 Å². The van der Waals surface area contributed by atoms with E-state index in [1.54, 1.807) is 93.6 Å². The number of halogens is 3. The van der Waals surface area contributed by atoms with E-state index >= 15 is 0 Å². The monoisotopic (exact) mass is 675 g/mol. The second-order valence-electron chi connectivity index (χ2n) is 11.0. The number of benzene rings is 4. The molecular formula is C38H36F3NO7. The van der Waals surface area contributed by atoms with Crippen LogP contribution in [0.25, 0.3) is 11.1 Å². The summed E-state index contributed by atoms with van der Waals surface area (Å²) in [4.78, 5) is 53.3. The van der Waals surface area contributed by atoms with Gasteiger partial charge in [-0.05, 0) is 66.8 Å². The number of ether oxygens (including phenoxy) is 3. The van der Waals surface area contributed by atoms with E-state index in [0.29, 0.717) is 33.5 Å². The van der Waals surface area contributed by atoms with E-state index in [4.69, 9.17) is 14.2 Å². The Morgan fingerprint density at radius 3 is 1.92 bits per heavy atom. The molecule has 0 saturated carbocycles. The second-order valence-corrected chi connectivity index (χ2v) is 11.0. The van der Waals surface area contributed by atoms with Gasteiger partial charge in [0, 0.05) is 17.7 Å². The SMILES string of the molecule is CCOC(=O)C(CCOC(=O)Cc1cccc(C)c1NC(=O)c1ccccc1-c1ccc(C(F)(F)F)cc1)(C(=O)OCC)c1ccccc1. The number of nitrogens with one attached hydrogen (secondary N) is 1. The molecule has 4 aromatic carbocycles. The summed E-state index contributed by atoms with van der Waals surface area (Å²) < 4.78 is 55.4. The Bertz CT molecular complexity index is 1770. The zero-order chi connectivity index (χ0) is 35.6. The number of hydrogen-bond acceptors (Lipinski definition) is 7. The Hall–Kier alpha value is -5.45. The number of aryl methyl sites for hydroxylation is 1. The summed E-state index contributed by atoms with van der Waals surface area (Å²) in [6, 6.07) is 24.4. The number of rotatable bonds is 13. The van der Waals surface area contributed by atoms with Gasteiger partial charge in [0.1, 0.15) is 0 Å². The first-order valence-electron chi connectivity index (χ1n) is 15.6. The number of carbonyl (C=O) groups is 4. The standard InChI is InChI=1S/C38H36F3NO7/c1-4-47-35(45)37(36(46)48-5-2,28-14-7-6-8-15-28)22-23-49-32(43)24-27-13-11-12-25(3)33(27)42-34(44)31-17-10-9-16-30(31)26-18-20-29(21-19-26)38(39,40)41/h6-21H,4-5,22-24H2,1-3H3,(H,42,44).